The molecular weight excluding hydrogens is 465 g/mol. The number of aromatic amines is 1. The Hall–Kier alpha value is -1.95. The first-order valence-corrected chi connectivity index (χ1v) is 10.4. The van der Waals surface area contributed by atoms with Crippen molar-refractivity contribution in [3.05, 3.63) is 32.0 Å². The molecule has 0 aromatic carbocycles. The number of halogens is 4. The number of thiazole rings is 1. The number of carbonyl (C=O) groups excluding carboxylic acids is 1. The summed E-state index contributed by atoms with van der Waals surface area (Å²) in [6, 6.07) is -0.384. The van der Waals surface area contributed by atoms with Crippen LogP contribution < -0.4 is 10.2 Å². The van der Waals surface area contributed by atoms with Gasteiger partial charge in [-0.25, -0.2) is 18.6 Å². The quantitative estimate of drug-likeness (QED) is 0.578. The highest BCUT2D eigenvalue weighted by Crippen LogP contribution is 2.34. The number of hydrogen-bond acceptors (Lipinski definition) is 6. The smallest absolute Gasteiger partial charge is 0.348 e. The van der Waals surface area contributed by atoms with E-state index in [0.29, 0.717) is 30.0 Å². The molecule has 1 amide bonds. The zero-order chi connectivity index (χ0) is 22.2. The first-order chi connectivity index (χ1) is 14.1. The Morgan fingerprint density at radius 3 is 2.60 bits per heavy atom. The normalized spacial score (nSPS) is 19.4. The van der Waals surface area contributed by atoms with Gasteiger partial charge in [0.1, 0.15) is 16.3 Å². The summed E-state index contributed by atoms with van der Waals surface area (Å²) in [7, 11) is 1.46. The third kappa shape index (κ3) is 4.39. The lowest BCUT2D eigenvalue weighted by molar-refractivity contribution is 0.0540. The van der Waals surface area contributed by atoms with E-state index >= 15 is 0 Å². The average Bonchev–Trinajstić information content (AvgIpc) is 3.26. The van der Waals surface area contributed by atoms with Crippen molar-refractivity contribution in [3.63, 3.8) is 0 Å². The summed E-state index contributed by atoms with van der Waals surface area (Å²) in [6.07, 6.45) is -3.06. The van der Waals surface area contributed by atoms with Crippen LogP contribution in [0.5, 0.6) is 0 Å². The molecule has 2 aromatic rings. The van der Waals surface area contributed by atoms with Gasteiger partial charge in [0.15, 0.2) is 5.13 Å². The van der Waals surface area contributed by atoms with Gasteiger partial charge in [-0.15, -0.1) is 0 Å². The lowest BCUT2D eigenvalue weighted by Crippen LogP contribution is -2.55. The second kappa shape index (κ2) is 9.04. The number of H-pyrrole nitrogens is 1. The number of carbonyl (C=O) groups is 2. The molecule has 13 heteroatoms. The average molecular weight is 483 g/mol. The van der Waals surface area contributed by atoms with Crippen LogP contribution in [0.4, 0.5) is 13.9 Å². The highest BCUT2D eigenvalue weighted by Gasteiger charge is 2.34. The first kappa shape index (κ1) is 22.7. The first-order valence-electron chi connectivity index (χ1n) is 8.78. The van der Waals surface area contributed by atoms with Crippen LogP contribution in [0.1, 0.15) is 44.4 Å². The molecule has 8 nitrogen and oxygen atoms in total. The maximum atomic E-state index is 13.1. The Bertz CT molecular complexity index is 968. The number of rotatable bonds is 6. The Kier molecular flexibility index (Phi) is 6.85. The maximum Gasteiger partial charge on any atom is 0.348 e. The molecular formula is C17H18Cl2F2N4O4S. The van der Waals surface area contributed by atoms with Crippen LogP contribution in [0.25, 0.3) is 0 Å². The highest BCUT2D eigenvalue weighted by atomic mass is 35.5. The highest BCUT2D eigenvalue weighted by molar-refractivity contribution is 7.17. The van der Waals surface area contributed by atoms with Crippen LogP contribution in [-0.4, -0.2) is 59.3 Å². The number of hydrogen-bond donors (Lipinski definition) is 3. The number of amides is 1. The number of aromatic nitrogens is 2. The molecule has 2 aromatic heterocycles. The van der Waals surface area contributed by atoms with E-state index in [0.717, 1.165) is 0 Å². The van der Waals surface area contributed by atoms with Gasteiger partial charge in [-0.05, 0) is 13.3 Å². The fourth-order valence-electron chi connectivity index (χ4n) is 3.22. The number of carboxylic acid groups (broad SMARTS) is 1. The number of piperidine rings is 1. The summed E-state index contributed by atoms with van der Waals surface area (Å²) in [6.45, 7) is 2.28. The fraction of sp³-hybridized carbons (Fsp3) is 0.471. The van der Waals surface area contributed by atoms with E-state index < -0.39 is 35.0 Å². The number of alkyl halides is 2. The van der Waals surface area contributed by atoms with Gasteiger partial charge in [-0.3, -0.25) is 4.79 Å². The second-order valence-corrected chi connectivity index (χ2v) is 8.39. The van der Waals surface area contributed by atoms with E-state index in [1.807, 2.05) is 0 Å². The van der Waals surface area contributed by atoms with Crippen LogP contribution in [0.15, 0.2) is 0 Å². The van der Waals surface area contributed by atoms with Gasteiger partial charge in [-0.1, -0.05) is 34.5 Å². The molecule has 0 spiro atoms. The third-order valence-corrected chi connectivity index (χ3v) is 6.84. The zero-order valence-electron chi connectivity index (χ0n) is 15.8. The molecule has 1 aliphatic rings. The molecule has 164 valence electrons. The number of anilines is 1. The van der Waals surface area contributed by atoms with Crippen molar-refractivity contribution in [2.75, 3.05) is 25.1 Å². The second-order valence-electron chi connectivity index (χ2n) is 6.66. The van der Waals surface area contributed by atoms with E-state index in [-0.39, 0.29) is 33.5 Å². The van der Waals surface area contributed by atoms with Crippen molar-refractivity contribution in [1.82, 2.24) is 15.3 Å². The molecule has 3 rings (SSSR count). The largest absolute Gasteiger partial charge is 0.477 e. The van der Waals surface area contributed by atoms with Crippen molar-refractivity contribution >= 4 is 51.5 Å². The van der Waals surface area contributed by atoms with Crippen LogP contribution in [0, 0.1) is 6.92 Å². The molecule has 0 radical (unpaired) electrons. The molecule has 2 unspecified atom stereocenters. The standard InChI is InChI=1S/C17H18Cl2F2N4O4S/c1-6-9(18)10(19)11(22-6)15(26)23-7-3-4-25(5-8(7)29-2)17-24-12(14(20)21)13(30-17)16(27)28/h7-8,14,22H,3-5H2,1-2H3,(H,23,26)(H,27,28). The molecule has 1 saturated heterocycles. The van der Waals surface area contributed by atoms with Gasteiger partial charge in [0.05, 0.1) is 22.2 Å². The summed E-state index contributed by atoms with van der Waals surface area (Å²) in [4.78, 5) is 31.7. The van der Waals surface area contributed by atoms with Gasteiger partial charge in [-0.2, -0.15) is 0 Å². The van der Waals surface area contributed by atoms with Crippen LogP contribution >= 0.6 is 34.5 Å². The number of nitrogens with one attached hydrogen (secondary N) is 2. The van der Waals surface area contributed by atoms with Crippen molar-refractivity contribution in [2.45, 2.75) is 31.9 Å². The molecule has 1 fully saturated rings. The van der Waals surface area contributed by atoms with Gasteiger partial charge >= 0.3 is 5.97 Å². The summed E-state index contributed by atoms with van der Waals surface area (Å²) in [5.74, 6) is -1.89. The summed E-state index contributed by atoms with van der Waals surface area (Å²) in [5.41, 5.74) is -0.0395. The number of aromatic carboxylic acids is 1. The zero-order valence-corrected chi connectivity index (χ0v) is 18.2. The molecule has 0 saturated carbocycles. The molecule has 1 aliphatic heterocycles. The number of nitrogens with zero attached hydrogens (tertiary/aromatic N) is 2. The summed E-state index contributed by atoms with van der Waals surface area (Å²) in [5, 5.41) is 12.6. The van der Waals surface area contributed by atoms with Crippen molar-refractivity contribution in [3.8, 4) is 0 Å². The van der Waals surface area contributed by atoms with Crippen LogP contribution in [0.3, 0.4) is 0 Å². The molecule has 0 aliphatic carbocycles. The SMILES string of the molecule is COC1CN(c2nc(C(F)F)c(C(=O)O)s2)CCC1NC(=O)c1[nH]c(C)c(Cl)c1Cl. The Morgan fingerprint density at radius 2 is 2.10 bits per heavy atom. The Labute approximate surface area is 184 Å². The summed E-state index contributed by atoms with van der Waals surface area (Å²) < 4.78 is 31.7. The van der Waals surface area contributed by atoms with Crippen LogP contribution in [-0.2, 0) is 4.74 Å². The fourth-order valence-corrected chi connectivity index (χ4v) is 4.58. The van der Waals surface area contributed by atoms with Gasteiger partial charge in [0.2, 0.25) is 0 Å². The minimum absolute atomic E-state index is 0.126. The predicted molar refractivity (Wildman–Crippen MR) is 108 cm³/mol. The van der Waals surface area contributed by atoms with Gasteiger partial charge in [0, 0.05) is 25.9 Å². The minimum atomic E-state index is -2.99. The predicted octanol–water partition coefficient (Wildman–Crippen LogP) is 3.75. The number of ether oxygens (including phenoxy) is 1. The Morgan fingerprint density at radius 1 is 1.40 bits per heavy atom. The lowest BCUT2D eigenvalue weighted by Gasteiger charge is -2.37. The minimum Gasteiger partial charge on any atom is -0.477 e. The lowest BCUT2D eigenvalue weighted by atomic mass is 10.0. The Balaban J connectivity index is 1.74. The topological polar surface area (TPSA) is 108 Å². The number of aryl methyl sites for hydroxylation is 1. The van der Waals surface area contributed by atoms with E-state index in [1.54, 1.807) is 11.8 Å². The number of carboxylic acids is 1. The third-order valence-electron chi connectivity index (χ3n) is 4.77. The van der Waals surface area contributed by atoms with E-state index in [2.05, 4.69) is 15.3 Å². The van der Waals surface area contributed by atoms with Crippen molar-refractivity contribution in [2.24, 2.45) is 0 Å². The van der Waals surface area contributed by atoms with Gasteiger partial charge in [0.25, 0.3) is 12.3 Å². The monoisotopic (exact) mass is 482 g/mol. The van der Waals surface area contributed by atoms with E-state index in [9.17, 15) is 18.4 Å². The summed E-state index contributed by atoms with van der Waals surface area (Å²) >= 11 is 12.8. The van der Waals surface area contributed by atoms with Crippen molar-refractivity contribution in [1.29, 1.82) is 0 Å². The van der Waals surface area contributed by atoms with Gasteiger partial charge < -0.3 is 25.0 Å². The molecule has 30 heavy (non-hydrogen) atoms. The maximum absolute atomic E-state index is 13.1. The molecule has 2 atom stereocenters. The molecule has 3 heterocycles. The van der Waals surface area contributed by atoms with E-state index in [1.165, 1.54) is 7.11 Å². The van der Waals surface area contributed by atoms with E-state index in [4.69, 9.17) is 33.0 Å². The molecule has 0 bridgehead atoms. The van der Waals surface area contributed by atoms with Crippen molar-refractivity contribution < 1.29 is 28.2 Å². The molecule has 3 N–H and O–H groups in total. The number of methoxy groups -OCH3 is 1. The van der Waals surface area contributed by atoms with Crippen LogP contribution in [0.2, 0.25) is 10.0 Å².